The van der Waals surface area contributed by atoms with Crippen LogP contribution in [-0.2, 0) is 6.42 Å². The molecule has 0 radical (unpaired) electrons. The van der Waals surface area contributed by atoms with Crippen LogP contribution in [-0.4, -0.2) is 23.6 Å². The molecule has 0 saturated heterocycles. The molecule has 2 aromatic heterocycles. The fourth-order valence-electron chi connectivity index (χ4n) is 2.45. The molecule has 1 aliphatic heterocycles. The highest BCUT2D eigenvalue weighted by molar-refractivity contribution is 7.10. The highest BCUT2D eigenvalue weighted by Crippen LogP contribution is 2.35. The molecule has 1 atom stereocenters. The number of nitrogens with one attached hydrogen (secondary N) is 1. The lowest BCUT2D eigenvalue weighted by Crippen LogP contribution is -2.33. The molecule has 0 saturated carbocycles. The highest BCUT2D eigenvalue weighted by Gasteiger charge is 2.25. The van der Waals surface area contributed by atoms with Crippen LogP contribution in [0.3, 0.4) is 0 Å². The van der Waals surface area contributed by atoms with Crippen molar-refractivity contribution in [2.45, 2.75) is 19.4 Å². The summed E-state index contributed by atoms with van der Waals surface area (Å²) in [6.07, 6.45) is 2.92. The standard InChI is InChI=1S/C13H16N4S/c1-9-10-5-8-18-11(10)4-7-17(9)12-3-6-15-13(14-2)16-12/h3,5-6,8-9H,4,7H2,1-2H3,(H,14,15,16). The summed E-state index contributed by atoms with van der Waals surface area (Å²) in [4.78, 5) is 12.6. The monoisotopic (exact) mass is 260 g/mol. The van der Waals surface area contributed by atoms with Gasteiger partial charge in [-0.3, -0.25) is 0 Å². The third kappa shape index (κ3) is 1.84. The minimum atomic E-state index is 0.389. The van der Waals surface area contributed by atoms with Crippen LogP contribution in [0.5, 0.6) is 0 Å². The van der Waals surface area contributed by atoms with Crippen molar-refractivity contribution in [1.82, 2.24) is 9.97 Å². The normalized spacial score (nSPS) is 18.6. The van der Waals surface area contributed by atoms with Gasteiger partial charge in [0.25, 0.3) is 0 Å². The Morgan fingerprint density at radius 3 is 3.17 bits per heavy atom. The van der Waals surface area contributed by atoms with Gasteiger partial charge < -0.3 is 10.2 Å². The summed E-state index contributed by atoms with van der Waals surface area (Å²) in [7, 11) is 1.84. The van der Waals surface area contributed by atoms with Crippen molar-refractivity contribution in [1.29, 1.82) is 0 Å². The molecule has 4 nitrogen and oxygen atoms in total. The van der Waals surface area contributed by atoms with E-state index in [1.54, 1.807) is 0 Å². The molecule has 0 aromatic carbocycles. The Bertz CT molecular complexity index is 551. The van der Waals surface area contributed by atoms with Crippen LogP contribution in [0, 0.1) is 0 Å². The average molecular weight is 260 g/mol. The van der Waals surface area contributed by atoms with Crippen LogP contribution in [0.25, 0.3) is 0 Å². The topological polar surface area (TPSA) is 41.1 Å². The second-order valence-electron chi connectivity index (χ2n) is 4.41. The minimum absolute atomic E-state index is 0.389. The molecule has 94 valence electrons. The largest absolute Gasteiger partial charge is 0.357 e. The number of nitrogens with zero attached hydrogens (tertiary/aromatic N) is 3. The lowest BCUT2D eigenvalue weighted by molar-refractivity contribution is 0.624. The van der Waals surface area contributed by atoms with Crippen molar-refractivity contribution in [3.05, 3.63) is 34.2 Å². The van der Waals surface area contributed by atoms with E-state index in [0.717, 1.165) is 18.8 Å². The molecule has 0 spiro atoms. The van der Waals surface area contributed by atoms with Crippen molar-refractivity contribution in [3.63, 3.8) is 0 Å². The molecule has 1 unspecified atom stereocenters. The van der Waals surface area contributed by atoms with E-state index in [1.165, 1.54) is 10.4 Å². The van der Waals surface area contributed by atoms with Crippen molar-refractivity contribution in [2.75, 3.05) is 23.8 Å². The summed E-state index contributed by atoms with van der Waals surface area (Å²) in [6, 6.07) is 4.60. The maximum absolute atomic E-state index is 4.53. The van der Waals surface area contributed by atoms with Crippen LogP contribution < -0.4 is 10.2 Å². The number of fused-ring (bicyclic) bond motifs is 1. The predicted octanol–water partition coefficient (Wildman–Crippen LogP) is 2.70. The molecule has 3 heterocycles. The molecule has 18 heavy (non-hydrogen) atoms. The Kier molecular flexibility index (Phi) is 2.91. The van der Waals surface area contributed by atoms with Crippen molar-refractivity contribution in [2.24, 2.45) is 0 Å². The lowest BCUT2D eigenvalue weighted by atomic mass is 10.0. The van der Waals surface area contributed by atoms with Gasteiger partial charge in [0.2, 0.25) is 5.95 Å². The van der Waals surface area contributed by atoms with Gasteiger partial charge in [-0.2, -0.15) is 4.98 Å². The lowest BCUT2D eigenvalue weighted by Gasteiger charge is -2.34. The van der Waals surface area contributed by atoms with Gasteiger partial charge in [-0.05, 0) is 36.4 Å². The molecule has 1 aliphatic rings. The maximum atomic E-state index is 4.53. The molecule has 0 bridgehead atoms. The summed E-state index contributed by atoms with van der Waals surface area (Å²) in [6.45, 7) is 3.26. The zero-order chi connectivity index (χ0) is 12.5. The van der Waals surface area contributed by atoms with Crippen LogP contribution in [0.1, 0.15) is 23.4 Å². The molecule has 0 amide bonds. The van der Waals surface area contributed by atoms with Gasteiger partial charge in [0, 0.05) is 24.7 Å². The van der Waals surface area contributed by atoms with Crippen molar-refractivity contribution < 1.29 is 0 Å². The van der Waals surface area contributed by atoms with E-state index in [2.05, 4.69) is 38.6 Å². The van der Waals surface area contributed by atoms with E-state index >= 15 is 0 Å². The first-order valence-corrected chi connectivity index (χ1v) is 7.01. The van der Waals surface area contributed by atoms with Crippen molar-refractivity contribution in [3.8, 4) is 0 Å². The zero-order valence-corrected chi connectivity index (χ0v) is 11.4. The molecule has 2 aromatic rings. The van der Waals surface area contributed by atoms with E-state index in [-0.39, 0.29) is 0 Å². The Morgan fingerprint density at radius 2 is 2.33 bits per heavy atom. The van der Waals surface area contributed by atoms with E-state index in [1.807, 2.05) is 30.6 Å². The summed E-state index contributed by atoms with van der Waals surface area (Å²) in [5.41, 5.74) is 1.44. The third-order valence-electron chi connectivity index (χ3n) is 3.44. The first-order valence-electron chi connectivity index (χ1n) is 6.13. The number of aromatic nitrogens is 2. The fourth-order valence-corrected chi connectivity index (χ4v) is 3.41. The number of hydrogen-bond acceptors (Lipinski definition) is 5. The fraction of sp³-hybridized carbons (Fsp3) is 0.385. The smallest absolute Gasteiger partial charge is 0.224 e. The Morgan fingerprint density at radius 1 is 1.44 bits per heavy atom. The first-order chi connectivity index (χ1) is 8.79. The molecular formula is C13H16N4S. The first kappa shape index (κ1) is 11.5. The summed E-state index contributed by atoms with van der Waals surface area (Å²) < 4.78 is 0. The van der Waals surface area contributed by atoms with E-state index in [4.69, 9.17) is 0 Å². The Labute approximate surface area is 111 Å². The van der Waals surface area contributed by atoms with Gasteiger partial charge in [-0.15, -0.1) is 11.3 Å². The summed E-state index contributed by atoms with van der Waals surface area (Å²) >= 11 is 1.86. The van der Waals surface area contributed by atoms with E-state index in [9.17, 15) is 0 Å². The third-order valence-corrected chi connectivity index (χ3v) is 4.43. The van der Waals surface area contributed by atoms with Crippen LogP contribution in [0.15, 0.2) is 23.7 Å². The Balaban J connectivity index is 1.94. The minimum Gasteiger partial charge on any atom is -0.357 e. The van der Waals surface area contributed by atoms with Crippen LogP contribution in [0.4, 0.5) is 11.8 Å². The second-order valence-corrected chi connectivity index (χ2v) is 5.41. The number of hydrogen-bond donors (Lipinski definition) is 1. The predicted molar refractivity (Wildman–Crippen MR) is 75.4 cm³/mol. The number of anilines is 2. The number of rotatable bonds is 2. The van der Waals surface area contributed by atoms with E-state index in [0.29, 0.717) is 12.0 Å². The summed E-state index contributed by atoms with van der Waals surface area (Å²) in [5, 5.41) is 5.17. The molecule has 0 fully saturated rings. The van der Waals surface area contributed by atoms with Gasteiger partial charge in [-0.25, -0.2) is 4.98 Å². The van der Waals surface area contributed by atoms with Crippen LogP contribution >= 0.6 is 11.3 Å². The van der Waals surface area contributed by atoms with Gasteiger partial charge in [-0.1, -0.05) is 0 Å². The molecule has 0 aliphatic carbocycles. The van der Waals surface area contributed by atoms with Crippen LogP contribution in [0.2, 0.25) is 0 Å². The highest BCUT2D eigenvalue weighted by atomic mass is 32.1. The van der Waals surface area contributed by atoms with Gasteiger partial charge in [0.05, 0.1) is 6.04 Å². The molecule has 3 rings (SSSR count). The molecular weight excluding hydrogens is 244 g/mol. The summed E-state index contributed by atoms with van der Waals surface area (Å²) in [5.74, 6) is 1.68. The Hall–Kier alpha value is -1.62. The SMILES string of the molecule is CNc1nccc(N2CCc3sccc3C2C)n1. The van der Waals surface area contributed by atoms with Gasteiger partial charge >= 0.3 is 0 Å². The van der Waals surface area contributed by atoms with E-state index < -0.39 is 0 Å². The average Bonchev–Trinajstić information content (AvgIpc) is 2.88. The zero-order valence-electron chi connectivity index (χ0n) is 10.6. The quantitative estimate of drug-likeness (QED) is 0.901. The molecule has 1 N–H and O–H groups in total. The molecule has 5 heteroatoms. The second kappa shape index (κ2) is 4.57. The maximum Gasteiger partial charge on any atom is 0.224 e. The van der Waals surface area contributed by atoms with Gasteiger partial charge in [0.1, 0.15) is 5.82 Å². The number of thiophene rings is 1. The van der Waals surface area contributed by atoms with Crippen molar-refractivity contribution >= 4 is 23.1 Å². The van der Waals surface area contributed by atoms with Gasteiger partial charge in [0.15, 0.2) is 0 Å².